The van der Waals surface area contributed by atoms with Crippen LogP contribution in [0.25, 0.3) is 11.2 Å². The maximum absolute atomic E-state index is 10.2. The fraction of sp³-hybridized carbons (Fsp3) is 0.417. The standard InChI is InChI=1S/C12H15N5O3/c13-11-8-12(15-4-14-11)17(5-16-8)7-2-1-6(3-18)9(19)10(7)20/h1-2,4-7,9-10,18-20H,3H2,(H2,13,14,15)/t6-,7-,9-,10-/m1/s1. The van der Waals surface area contributed by atoms with Gasteiger partial charge in [0.1, 0.15) is 17.9 Å². The number of nitrogens with zero attached hydrogens (tertiary/aromatic N) is 4. The first-order valence-electron chi connectivity index (χ1n) is 6.21. The van der Waals surface area contributed by atoms with E-state index in [-0.39, 0.29) is 12.4 Å². The van der Waals surface area contributed by atoms with Gasteiger partial charge in [0, 0.05) is 5.92 Å². The van der Waals surface area contributed by atoms with E-state index in [1.54, 1.807) is 16.7 Å². The van der Waals surface area contributed by atoms with E-state index < -0.39 is 24.2 Å². The fourth-order valence-electron chi connectivity index (χ4n) is 2.45. The molecule has 2 aromatic heterocycles. The number of aromatic nitrogens is 4. The number of imidazole rings is 1. The molecule has 0 fully saturated rings. The molecule has 4 atom stereocenters. The summed E-state index contributed by atoms with van der Waals surface area (Å²) >= 11 is 0. The second-order valence-corrected chi connectivity index (χ2v) is 4.79. The predicted octanol–water partition coefficient (Wildman–Crippen LogP) is -1.15. The summed E-state index contributed by atoms with van der Waals surface area (Å²) in [6.07, 6.45) is 4.11. The highest BCUT2D eigenvalue weighted by molar-refractivity contribution is 5.81. The topological polar surface area (TPSA) is 130 Å². The van der Waals surface area contributed by atoms with Crippen molar-refractivity contribution in [2.24, 2.45) is 5.92 Å². The van der Waals surface area contributed by atoms with Gasteiger partial charge in [-0.25, -0.2) is 15.0 Å². The molecule has 8 nitrogen and oxygen atoms in total. The molecule has 3 rings (SSSR count). The molecule has 0 saturated heterocycles. The van der Waals surface area contributed by atoms with Crippen LogP contribution in [0.3, 0.4) is 0 Å². The van der Waals surface area contributed by atoms with Gasteiger partial charge in [0.2, 0.25) is 0 Å². The van der Waals surface area contributed by atoms with Crippen LogP contribution in [-0.4, -0.2) is 53.7 Å². The predicted molar refractivity (Wildman–Crippen MR) is 70.5 cm³/mol. The van der Waals surface area contributed by atoms with Crippen molar-refractivity contribution in [1.29, 1.82) is 0 Å². The Morgan fingerprint density at radius 1 is 1.15 bits per heavy atom. The molecular formula is C12H15N5O3. The second-order valence-electron chi connectivity index (χ2n) is 4.79. The van der Waals surface area contributed by atoms with Crippen molar-refractivity contribution < 1.29 is 15.3 Å². The number of aliphatic hydroxyl groups is 3. The molecule has 0 radical (unpaired) electrons. The third kappa shape index (κ3) is 1.85. The number of anilines is 1. The molecule has 0 amide bonds. The molecule has 0 aliphatic heterocycles. The molecule has 0 spiro atoms. The number of hydrogen-bond acceptors (Lipinski definition) is 7. The first-order chi connectivity index (χ1) is 9.63. The van der Waals surface area contributed by atoms with Crippen LogP contribution in [0, 0.1) is 5.92 Å². The Morgan fingerprint density at radius 2 is 1.95 bits per heavy atom. The molecule has 0 unspecified atom stereocenters. The average Bonchev–Trinajstić information content (AvgIpc) is 2.87. The minimum absolute atomic E-state index is 0.221. The Kier molecular flexibility index (Phi) is 3.13. The van der Waals surface area contributed by atoms with Crippen LogP contribution in [-0.2, 0) is 0 Å². The molecule has 5 N–H and O–H groups in total. The van der Waals surface area contributed by atoms with Gasteiger partial charge in [0.15, 0.2) is 11.5 Å². The summed E-state index contributed by atoms with van der Waals surface area (Å²) in [7, 11) is 0. The average molecular weight is 277 g/mol. The summed E-state index contributed by atoms with van der Waals surface area (Å²) in [6.45, 7) is -0.221. The van der Waals surface area contributed by atoms with Crippen LogP contribution >= 0.6 is 0 Å². The molecule has 1 aliphatic carbocycles. The van der Waals surface area contributed by atoms with Crippen molar-refractivity contribution in [2.75, 3.05) is 12.3 Å². The molecular weight excluding hydrogens is 262 g/mol. The Morgan fingerprint density at radius 3 is 2.70 bits per heavy atom. The minimum atomic E-state index is -1.06. The van der Waals surface area contributed by atoms with Gasteiger partial charge < -0.3 is 25.6 Å². The Bertz CT molecular complexity index is 656. The normalized spacial score (nSPS) is 29.9. The summed E-state index contributed by atoms with van der Waals surface area (Å²) < 4.78 is 1.63. The van der Waals surface area contributed by atoms with Crippen molar-refractivity contribution in [3.05, 3.63) is 24.8 Å². The SMILES string of the molecule is Nc1ncnc2c1ncn2[C@@H]1C=C[C@H](CO)[C@@H](O)[C@@H]1O. The van der Waals surface area contributed by atoms with E-state index in [4.69, 9.17) is 10.8 Å². The first kappa shape index (κ1) is 13.0. The highest BCUT2D eigenvalue weighted by Gasteiger charge is 2.35. The second kappa shape index (κ2) is 4.82. The molecule has 0 bridgehead atoms. The Balaban J connectivity index is 2.05. The third-order valence-electron chi connectivity index (χ3n) is 3.61. The number of rotatable bonds is 2. The number of nitrogens with two attached hydrogens (primary N) is 1. The number of hydrogen-bond donors (Lipinski definition) is 4. The van der Waals surface area contributed by atoms with Crippen molar-refractivity contribution in [3.8, 4) is 0 Å². The van der Waals surface area contributed by atoms with Crippen LogP contribution in [0.1, 0.15) is 6.04 Å². The van der Waals surface area contributed by atoms with E-state index in [0.717, 1.165) is 0 Å². The van der Waals surface area contributed by atoms with E-state index in [1.165, 1.54) is 12.7 Å². The summed E-state index contributed by atoms with van der Waals surface area (Å²) in [5.74, 6) is -0.215. The number of aliphatic hydroxyl groups excluding tert-OH is 3. The van der Waals surface area contributed by atoms with Gasteiger partial charge in [-0.3, -0.25) is 0 Å². The minimum Gasteiger partial charge on any atom is -0.396 e. The van der Waals surface area contributed by atoms with Crippen LogP contribution < -0.4 is 5.73 Å². The van der Waals surface area contributed by atoms with Gasteiger partial charge in [0.25, 0.3) is 0 Å². The Labute approximate surface area is 114 Å². The maximum atomic E-state index is 10.2. The van der Waals surface area contributed by atoms with Crippen LogP contribution in [0.2, 0.25) is 0 Å². The largest absolute Gasteiger partial charge is 0.396 e. The zero-order chi connectivity index (χ0) is 14.3. The molecule has 0 aromatic carbocycles. The molecule has 8 heteroatoms. The third-order valence-corrected chi connectivity index (χ3v) is 3.61. The molecule has 0 saturated carbocycles. The van der Waals surface area contributed by atoms with Crippen LogP contribution in [0.5, 0.6) is 0 Å². The van der Waals surface area contributed by atoms with E-state index >= 15 is 0 Å². The lowest BCUT2D eigenvalue weighted by Crippen LogP contribution is -2.42. The lowest BCUT2D eigenvalue weighted by Gasteiger charge is -2.33. The smallest absolute Gasteiger partial charge is 0.166 e. The summed E-state index contributed by atoms with van der Waals surface area (Å²) in [5, 5.41) is 29.3. The van der Waals surface area contributed by atoms with E-state index in [0.29, 0.717) is 11.2 Å². The first-order valence-corrected chi connectivity index (χ1v) is 6.21. The molecule has 20 heavy (non-hydrogen) atoms. The molecule has 1 aliphatic rings. The van der Waals surface area contributed by atoms with Crippen molar-refractivity contribution >= 4 is 17.0 Å². The Hall–Kier alpha value is -2.03. The van der Waals surface area contributed by atoms with Crippen LogP contribution in [0.15, 0.2) is 24.8 Å². The summed E-state index contributed by atoms with van der Waals surface area (Å²) in [5.41, 5.74) is 6.65. The zero-order valence-electron chi connectivity index (χ0n) is 10.5. The van der Waals surface area contributed by atoms with Gasteiger partial charge >= 0.3 is 0 Å². The van der Waals surface area contributed by atoms with E-state index in [9.17, 15) is 10.2 Å². The van der Waals surface area contributed by atoms with E-state index in [1.807, 2.05) is 0 Å². The van der Waals surface area contributed by atoms with Crippen molar-refractivity contribution in [1.82, 2.24) is 19.5 Å². The van der Waals surface area contributed by atoms with Gasteiger partial charge in [-0.15, -0.1) is 0 Å². The van der Waals surface area contributed by atoms with Gasteiger partial charge in [-0.05, 0) is 0 Å². The quantitative estimate of drug-likeness (QED) is 0.510. The number of nitrogen functional groups attached to an aromatic ring is 1. The zero-order valence-corrected chi connectivity index (χ0v) is 10.5. The highest BCUT2D eigenvalue weighted by atomic mass is 16.3. The van der Waals surface area contributed by atoms with Crippen LogP contribution in [0.4, 0.5) is 5.82 Å². The molecule has 2 aromatic rings. The lowest BCUT2D eigenvalue weighted by atomic mass is 9.88. The molecule has 106 valence electrons. The lowest BCUT2D eigenvalue weighted by molar-refractivity contribution is -0.0414. The van der Waals surface area contributed by atoms with Gasteiger partial charge in [-0.2, -0.15) is 0 Å². The van der Waals surface area contributed by atoms with Gasteiger partial charge in [0.05, 0.1) is 25.1 Å². The summed E-state index contributed by atoms with van der Waals surface area (Å²) in [6, 6.07) is -0.521. The maximum Gasteiger partial charge on any atom is 0.166 e. The van der Waals surface area contributed by atoms with Crippen molar-refractivity contribution in [3.63, 3.8) is 0 Å². The highest BCUT2D eigenvalue weighted by Crippen LogP contribution is 2.29. The van der Waals surface area contributed by atoms with Gasteiger partial charge in [-0.1, -0.05) is 12.2 Å². The van der Waals surface area contributed by atoms with E-state index in [2.05, 4.69) is 15.0 Å². The monoisotopic (exact) mass is 277 g/mol. The fourth-order valence-corrected chi connectivity index (χ4v) is 2.45. The summed E-state index contributed by atoms with van der Waals surface area (Å²) in [4.78, 5) is 12.1. The van der Waals surface area contributed by atoms with Crippen molar-refractivity contribution in [2.45, 2.75) is 18.2 Å². The number of fused-ring (bicyclic) bond motifs is 1. The molecule has 2 heterocycles.